The Kier molecular flexibility index (Phi) is 8.50. The highest BCUT2D eigenvalue weighted by Gasteiger charge is 2.35. The van der Waals surface area contributed by atoms with E-state index in [1.54, 1.807) is 29.2 Å². The van der Waals surface area contributed by atoms with Gasteiger partial charge in [0.25, 0.3) is 0 Å². The summed E-state index contributed by atoms with van der Waals surface area (Å²) in [7, 11) is 0. The summed E-state index contributed by atoms with van der Waals surface area (Å²) in [6.45, 7) is 5.68. The molecule has 186 valence electrons. The van der Waals surface area contributed by atoms with Crippen LogP contribution in [0.4, 0.5) is 17.1 Å². The largest absolute Gasteiger partial charge is 0.379 e. The topological polar surface area (TPSA) is 91.0 Å². The molecule has 0 bridgehead atoms. The molecule has 0 aromatic heterocycles. The van der Waals surface area contributed by atoms with Crippen LogP contribution in [-0.4, -0.2) is 62.0 Å². The number of rotatable bonds is 9. The molecule has 2 saturated heterocycles. The second-order valence-electron chi connectivity index (χ2n) is 9.18. The molecule has 0 radical (unpaired) electrons. The van der Waals surface area contributed by atoms with Crippen molar-refractivity contribution in [3.05, 3.63) is 54.1 Å². The Morgan fingerprint density at radius 1 is 0.971 bits per heavy atom. The highest BCUT2D eigenvalue weighted by Crippen LogP contribution is 2.27. The van der Waals surface area contributed by atoms with Gasteiger partial charge in [-0.3, -0.25) is 19.3 Å². The molecule has 8 heteroatoms. The van der Waals surface area contributed by atoms with Crippen molar-refractivity contribution in [3.63, 3.8) is 0 Å². The van der Waals surface area contributed by atoms with Gasteiger partial charge in [-0.15, -0.1) is 0 Å². The van der Waals surface area contributed by atoms with Gasteiger partial charge in [0, 0.05) is 43.1 Å². The average molecular weight is 479 g/mol. The van der Waals surface area contributed by atoms with E-state index in [9.17, 15) is 14.4 Å². The first-order valence-electron chi connectivity index (χ1n) is 12.4. The number of carbonyl (C=O) groups is 3. The number of morpholine rings is 1. The Hall–Kier alpha value is -3.23. The molecule has 2 aromatic rings. The lowest BCUT2D eigenvalue weighted by Gasteiger charge is -2.25. The highest BCUT2D eigenvalue weighted by atomic mass is 16.5. The number of unbranched alkanes of at least 4 members (excludes halogenated alkanes) is 1. The minimum Gasteiger partial charge on any atom is -0.379 e. The zero-order chi connectivity index (χ0) is 24.6. The maximum Gasteiger partial charge on any atom is 0.238 e. The lowest BCUT2D eigenvalue weighted by atomic mass is 10.1. The number of nitrogens with one attached hydrogen (secondary N) is 2. The van der Waals surface area contributed by atoms with Gasteiger partial charge < -0.3 is 20.3 Å². The molecule has 2 N–H and O–H groups in total. The first kappa shape index (κ1) is 24.9. The maximum atomic E-state index is 12.8. The van der Waals surface area contributed by atoms with Crippen LogP contribution in [0.15, 0.2) is 48.5 Å². The Morgan fingerprint density at radius 3 is 2.29 bits per heavy atom. The molecule has 1 atom stereocenters. The third-order valence-corrected chi connectivity index (χ3v) is 6.47. The van der Waals surface area contributed by atoms with Crippen LogP contribution in [0.25, 0.3) is 0 Å². The first-order valence-corrected chi connectivity index (χ1v) is 12.4. The van der Waals surface area contributed by atoms with Crippen molar-refractivity contribution in [2.45, 2.75) is 32.6 Å². The minimum atomic E-state index is -0.407. The van der Waals surface area contributed by atoms with Gasteiger partial charge in [0.05, 0.1) is 25.7 Å². The zero-order valence-corrected chi connectivity index (χ0v) is 20.3. The summed E-state index contributed by atoms with van der Waals surface area (Å²) in [6, 6.07) is 15.1. The van der Waals surface area contributed by atoms with Crippen molar-refractivity contribution in [3.8, 4) is 0 Å². The van der Waals surface area contributed by atoms with Crippen LogP contribution in [-0.2, 0) is 25.5 Å². The number of nitrogens with zero attached hydrogens (tertiary/aromatic N) is 2. The summed E-state index contributed by atoms with van der Waals surface area (Å²) in [4.78, 5) is 41.4. The molecule has 35 heavy (non-hydrogen) atoms. The van der Waals surface area contributed by atoms with Crippen molar-refractivity contribution in [1.29, 1.82) is 0 Å². The number of benzene rings is 2. The van der Waals surface area contributed by atoms with Crippen LogP contribution in [0.5, 0.6) is 0 Å². The monoisotopic (exact) mass is 478 g/mol. The van der Waals surface area contributed by atoms with E-state index in [0.717, 1.165) is 38.0 Å². The number of aryl methyl sites for hydroxylation is 1. The van der Waals surface area contributed by atoms with E-state index < -0.39 is 5.92 Å². The fourth-order valence-corrected chi connectivity index (χ4v) is 4.40. The van der Waals surface area contributed by atoms with Crippen molar-refractivity contribution < 1.29 is 19.1 Å². The highest BCUT2D eigenvalue weighted by molar-refractivity contribution is 6.03. The molecule has 8 nitrogen and oxygen atoms in total. The lowest BCUT2D eigenvalue weighted by molar-refractivity contribution is -0.122. The number of hydrogen-bond donors (Lipinski definition) is 2. The van der Waals surface area contributed by atoms with Crippen LogP contribution < -0.4 is 15.5 Å². The molecular weight excluding hydrogens is 444 g/mol. The molecule has 0 saturated carbocycles. The van der Waals surface area contributed by atoms with Crippen molar-refractivity contribution >= 4 is 34.8 Å². The summed E-state index contributed by atoms with van der Waals surface area (Å²) in [5.41, 5.74) is 3.40. The Labute approximate surface area is 206 Å². The van der Waals surface area contributed by atoms with E-state index >= 15 is 0 Å². The second-order valence-corrected chi connectivity index (χ2v) is 9.18. The number of carbonyl (C=O) groups excluding carboxylic acids is 3. The molecule has 2 aliphatic rings. The van der Waals surface area contributed by atoms with E-state index in [-0.39, 0.29) is 24.1 Å². The van der Waals surface area contributed by atoms with Crippen LogP contribution >= 0.6 is 0 Å². The van der Waals surface area contributed by atoms with Gasteiger partial charge in [0.2, 0.25) is 17.7 Å². The summed E-state index contributed by atoms with van der Waals surface area (Å²) < 4.78 is 5.30. The molecular formula is C27H34N4O4. The quantitative estimate of drug-likeness (QED) is 0.577. The fourth-order valence-electron chi connectivity index (χ4n) is 4.40. The van der Waals surface area contributed by atoms with E-state index in [1.165, 1.54) is 5.56 Å². The molecule has 3 amide bonds. The van der Waals surface area contributed by atoms with Gasteiger partial charge >= 0.3 is 0 Å². The predicted molar refractivity (Wildman–Crippen MR) is 136 cm³/mol. The van der Waals surface area contributed by atoms with Crippen LogP contribution in [0.2, 0.25) is 0 Å². The molecule has 2 fully saturated rings. The molecule has 2 heterocycles. The van der Waals surface area contributed by atoms with Crippen molar-refractivity contribution in [2.24, 2.45) is 5.92 Å². The first-order chi connectivity index (χ1) is 17.0. The number of amides is 3. The number of anilines is 3. The molecule has 2 aromatic carbocycles. The van der Waals surface area contributed by atoms with E-state index in [1.807, 2.05) is 12.1 Å². The van der Waals surface area contributed by atoms with Gasteiger partial charge in [-0.25, -0.2) is 0 Å². The summed E-state index contributed by atoms with van der Waals surface area (Å²) in [5, 5.41) is 5.79. The minimum absolute atomic E-state index is 0.0372. The van der Waals surface area contributed by atoms with Crippen LogP contribution in [0.1, 0.15) is 31.7 Å². The average Bonchev–Trinajstić information content (AvgIpc) is 3.26. The summed E-state index contributed by atoms with van der Waals surface area (Å²) in [6.07, 6.45) is 3.52. The Bertz CT molecular complexity index is 1020. The third-order valence-electron chi connectivity index (χ3n) is 6.47. The molecule has 2 aliphatic heterocycles. The smallest absolute Gasteiger partial charge is 0.238 e. The predicted octanol–water partition coefficient (Wildman–Crippen LogP) is 3.29. The van der Waals surface area contributed by atoms with E-state index in [2.05, 4.69) is 34.6 Å². The third kappa shape index (κ3) is 6.90. The zero-order valence-electron chi connectivity index (χ0n) is 20.3. The molecule has 4 rings (SSSR count). The standard InChI is InChI=1S/C27H34N4O4/c1-2-3-4-20-5-11-24(12-6-20)31-18-21(17-26(31)33)27(34)29-23-9-7-22(8-10-23)28-25(32)19-30-13-15-35-16-14-30/h5-12,21H,2-4,13-19H2,1H3,(H,28,32)(H,29,34). The van der Waals surface area contributed by atoms with Gasteiger partial charge in [-0.1, -0.05) is 25.5 Å². The number of hydrogen-bond acceptors (Lipinski definition) is 5. The fraction of sp³-hybridized carbons (Fsp3) is 0.444. The van der Waals surface area contributed by atoms with Crippen LogP contribution in [0, 0.1) is 5.92 Å². The Morgan fingerprint density at radius 2 is 1.63 bits per heavy atom. The second kappa shape index (κ2) is 12.0. The van der Waals surface area contributed by atoms with Gasteiger partial charge in [0.15, 0.2) is 0 Å². The summed E-state index contributed by atoms with van der Waals surface area (Å²) >= 11 is 0. The van der Waals surface area contributed by atoms with Gasteiger partial charge in [-0.2, -0.15) is 0 Å². The Balaban J connectivity index is 1.27. The van der Waals surface area contributed by atoms with Gasteiger partial charge in [0.1, 0.15) is 0 Å². The van der Waals surface area contributed by atoms with Crippen molar-refractivity contribution in [2.75, 3.05) is 54.9 Å². The summed E-state index contributed by atoms with van der Waals surface area (Å²) in [5.74, 6) is -0.698. The SMILES string of the molecule is CCCCc1ccc(N2CC(C(=O)Nc3ccc(NC(=O)CN4CCOCC4)cc3)CC2=O)cc1. The lowest BCUT2D eigenvalue weighted by Crippen LogP contribution is -2.41. The van der Waals surface area contributed by atoms with Gasteiger partial charge in [-0.05, 0) is 54.8 Å². The number of ether oxygens (including phenoxy) is 1. The maximum absolute atomic E-state index is 12.8. The van der Waals surface area contributed by atoms with E-state index in [0.29, 0.717) is 37.7 Å². The van der Waals surface area contributed by atoms with E-state index in [4.69, 9.17) is 4.74 Å². The van der Waals surface area contributed by atoms with Crippen LogP contribution in [0.3, 0.4) is 0 Å². The normalized spacial score (nSPS) is 18.5. The molecule has 1 unspecified atom stereocenters. The molecule has 0 spiro atoms. The molecule has 0 aliphatic carbocycles. The van der Waals surface area contributed by atoms with Crippen molar-refractivity contribution in [1.82, 2.24) is 4.90 Å².